The molecule has 2 nitrogen and oxygen atoms in total. The van der Waals surface area contributed by atoms with Crippen molar-refractivity contribution in [2.45, 2.75) is 52.6 Å². The molecule has 1 N–H and O–H groups in total. The van der Waals surface area contributed by atoms with Crippen molar-refractivity contribution in [1.29, 1.82) is 0 Å². The monoisotopic (exact) mass is 218 g/mol. The highest BCUT2D eigenvalue weighted by Crippen LogP contribution is 2.36. The van der Waals surface area contributed by atoms with E-state index in [1.165, 1.54) is 0 Å². The zero-order valence-electron chi connectivity index (χ0n) is 10.2. The maximum Gasteiger partial charge on any atom is 0.156 e. The summed E-state index contributed by atoms with van der Waals surface area (Å²) in [4.78, 5) is 0. The number of quaternary nitrogens is 1. The third kappa shape index (κ3) is 1.91. The van der Waals surface area contributed by atoms with Gasteiger partial charge in [0, 0.05) is 0 Å². The molecule has 0 radical (unpaired) electrons. The topological polar surface area (TPSA) is 12.0 Å². The van der Waals surface area contributed by atoms with E-state index in [-0.39, 0.29) is 23.5 Å². The summed E-state index contributed by atoms with van der Waals surface area (Å²) in [5.41, 5.74) is 0.497. The predicted octanol–water partition coefficient (Wildman–Crippen LogP) is -0.564. The van der Waals surface area contributed by atoms with Crippen LogP contribution in [0.4, 0.5) is 0 Å². The van der Waals surface area contributed by atoms with Crippen LogP contribution in [0, 0.1) is 0 Å². The van der Waals surface area contributed by atoms with Crippen LogP contribution in [0.15, 0.2) is 12.4 Å². The summed E-state index contributed by atoms with van der Waals surface area (Å²) in [7, 11) is 0. The summed E-state index contributed by atoms with van der Waals surface area (Å²) >= 11 is 0. The van der Waals surface area contributed by atoms with E-state index >= 15 is 0 Å². The smallest absolute Gasteiger partial charge is 0.156 e. The van der Waals surface area contributed by atoms with Gasteiger partial charge in [0.1, 0.15) is 6.20 Å². The summed E-state index contributed by atoms with van der Waals surface area (Å²) in [5.74, 6) is 0. The Bertz CT molecular complexity index is 206. The van der Waals surface area contributed by atoms with Crippen LogP contribution >= 0.6 is 0 Å². The molecule has 3 heteroatoms. The quantitative estimate of drug-likeness (QED) is 0.538. The molecule has 0 saturated carbocycles. The van der Waals surface area contributed by atoms with Gasteiger partial charge in [-0.25, -0.2) is 0 Å². The fourth-order valence-electron chi connectivity index (χ4n) is 2.36. The van der Waals surface area contributed by atoms with E-state index in [0.717, 1.165) is 11.2 Å². The van der Waals surface area contributed by atoms with Crippen LogP contribution in [0.5, 0.6) is 0 Å². The first kappa shape index (κ1) is 13.8. The van der Waals surface area contributed by atoms with Gasteiger partial charge >= 0.3 is 0 Å². The minimum atomic E-state index is 0. The van der Waals surface area contributed by atoms with Gasteiger partial charge in [-0.3, -0.25) is 4.48 Å². The van der Waals surface area contributed by atoms with Crippen molar-refractivity contribution >= 4 is 0 Å². The number of halogens is 1. The van der Waals surface area contributed by atoms with Gasteiger partial charge in [-0.05, 0) is 41.5 Å². The summed E-state index contributed by atoms with van der Waals surface area (Å²) in [5, 5.41) is 3.32. The largest absolute Gasteiger partial charge is 1.00 e. The Kier molecular flexibility index (Phi) is 3.69. The lowest BCUT2D eigenvalue weighted by molar-refractivity contribution is -0.964. The second-order valence-corrected chi connectivity index (χ2v) is 5.89. The van der Waals surface area contributed by atoms with E-state index in [0.29, 0.717) is 0 Å². The van der Waals surface area contributed by atoms with Crippen molar-refractivity contribution in [3.63, 3.8) is 0 Å². The molecule has 0 unspecified atom stereocenters. The van der Waals surface area contributed by atoms with E-state index < -0.39 is 0 Å². The predicted molar refractivity (Wildman–Crippen MR) is 56.9 cm³/mol. The maximum atomic E-state index is 3.32. The third-order valence-corrected chi connectivity index (χ3v) is 3.18. The molecule has 0 aromatic heterocycles. The van der Waals surface area contributed by atoms with E-state index in [1.54, 1.807) is 0 Å². The molecule has 1 aliphatic rings. The highest BCUT2D eigenvalue weighted by atomic mass is 35.5. The Balaban J connectivity index is 0.00000169. The van der Waals surface area contributed by atoms with Gasteiger partial charge in [0.2, 0.25) is 0 Å². The molecule has 1 heterocycles. The molecule has 0 amide bonds. The molecule has 84 valence electrons. The van der Waals surface area contributed by atoms with Crippen LogP contribution in [-0.2, 0) is 0 Å². The lowest BCUT2D eigenvalue weighted by Gasteiger charge is -2.51. The van der Waals surface area contributed by atoms with Gasteiger partial charge in [0.25, 0.3) is 0 Å². The average Bonchev–Trinajstić information content (AvgIpc) is 2.28. The van der Waals surface area contributed by atoms with Crippen molar-refractivity contribution in [3.8, 4) is 0 Å². The molecule has 0 aromatic carbocycles. The number of nitrogens with one attached hydrogen (secondary N) is 1. The molecule has 1 rings (SSSR count). The standard InChI is InChI=1S/C11H23N2.ClH/c1-10(2,3)13(11(4,5)6)8-7-12-9-13;/h7-8,12H,9H2,1-6H3;1H/q+1;/p-1. The average molecular weight is 219 g/mol. The number of hydrogen-bond donors (Lipinski definition) is 1. The van der Waals surface area contributed by atoms with Gasteiger partial charge in [0.15, 0.2) is 6.67 Å². The molecule has 0 aliphatic carbocycles. The highest BCUT2D eigenvalue weighted by molar-refractivity contribution is 4.88. The summed E-state index contributed by atoms with van der Waals surface area (Å²) in [6.45, 7) is 14.8. The molecule has 0 spiro atoms. The Morgan fingerprint density at radius 1 is 1.00 bits per heavy atom. The van der Waals surface area contributed by atoms with Crippen LogP contribution in [0.3, 0.4) is 0 Å². The first-order chi connectivity index (χ1) is 5.71. The van der Waals surface area contributed by atoms with Crippen molar-refractivity contribution in [1.82, 2.24) is 5.32 Å². The van der Waals surface area contributed by atoms with Crippen LogP contribution in [0.25, 0.3) is 0 Å². The lowest BCUT2D eigenvalue weighted by Crippen LogP contribution is -3.00. The SMILES string of the molecule is CC(C)(C)[N+]1(C(C)(C)C)C=CNC1.[Cl-]. The Hall–Kier alpha value is -0.210. The third-order valence-electron chi connectivity index (χ3n) is 3.18. The van der Waals surface area contributed by atoms with Gasteiger partial charge in [-0.1, -0.05) is 0 Å². The van der Waals surface area contributed by atoms with Crippen molar-refractivity contribution in [2.24, 2.45) is 0 Å². The van der Waals surface area contributed by atoms with Gasteiger partial charge < -0.3 is 17.7 Å². The number of nitrogens with zero attached hydrogens (tertiary/aromatic N) is 1. The van der Waals surface area contributed by atoms with E-state index in [9.17, 15) is 0 Å². The summed E-state index contributed by atoms with van der Waals surface area (Å²) in [6, 6.07) is 0. The fourth-order valence-corrected chi connectivity index (χ4v) is 2.36. The second kappa shape index (κ2) is 3.74. The van der Waals surface area contributed by atoms with Crippen molar-refractivity contribution < 1.29 is 16.9 Å². The lowest BCUT2D eigenvalue weighted by atomic mass is 9.92. The number of hydrogen-bond acceptors (Lipinski definition) is 1. The first-order valence-corrected chi connectivity index (χ1v) is 5.00. The van der Waals surface area contributed by atoms with E-state index in [1.807, 2.05) is 0 Å². The molecule has 1 aliphatic heterocycles. The van der Waals surface area contributed by atoms with Gasteiger partial charge in [-0.15, -0.1) is 0 Å². The zero-order chi connectivity index (χ0) is 10.3. The normalized spacial score (nSPS) is 20.1. The van der Waals surface area contributed by atoms with Gasteiger partial charge in [0.05, 0.1) is 17.3 Å². The molecule has 14 heavy (non-hydrogen) atoms. The molecular formula is C11H23ClN2. The van der Waals surface area contributed by atoms with Crippen molar-refractivity contribution in [2.75, 3.05) is 6.67 Å². The van der Waals surface area contributed by atoms with Crippen LogP contribution in [0.1, 0.15) is 41.5 Å². The van der Waals surface area contributed by atoms with Crippen molar-refractivity contribution in [3.05, 3.63) is 12.4 Å². The molecule has 0 saturated heterocycles. The molecule has 0 bridgehead atoms. The first-order valence-electron chi connectivity index (χ1n) is 5.00. The Morgan fingerprint density at radius 2 is 1.43 bits per heavy atom. The van der Waals surface area contributed by atoms with Gasteiger partial charge in [-0.2, -0.15) is 0 Å². The maximum absolute atomic E-state index is 3.32. The molecule has 0 fully saturated rings. The molecule has 0 aromatic rings. The van der Waals surface area contributed by atoms with Crippen LogP contribution in [-0.4, -0.2) is 22.2 Å². The fraction of sp³-hybridized carbons (Fsp3) is 0.818. The minimum Gasteiger partial charge on any atom is -1.00 e. The molecular weight excluding hydrogens is 196 g/mol. The zero-order valence-corrected chi connectivity index (χ0v) is 10.9. The number of rotatable bonds is 0. The Labute approximate surface area is 94.4 Å². The summed E-state index contributed by atoms with van der Waals surface area (Å²) < 4.78 is 1.00. The minimum absolute atomic E-state index is 0. The molecule has 0 atom stereocenters. The Morgan fingerprint density at radius 3 is 1.57 bits per heavy atom. The highest BCUT2D eigenvalue weighted by Gasteiger charge is 2.49. The van der Waals surface area contributed by atoms with Crippen LogP contribution in [0.2, 0.25) is 0 Å². The van der Waals surface area contributed by atoms with Crippen LogP contribution < -0.4 is 17.7 Å². The van der Waals surface area contributed by atoms with E-state index in [2.05, 4.69) is 59.3 Å². The van der Waals surface area contributed by atoms with E-state index in [4.69, 9.17) is 0 Å². The second-order valence-electron chi connectivity index (χ2n) is 5.89. The summed E-state index contributed by atoms with van der Waals surface area (Å²) in [6.07, 6.45) is 4.37.